The fourth-order valence-electron chi connectivity index (χ4n) is 1.59. The Hall–Kier alpha value is -1.76. The summed E-state index contributed by atoms with van der Waals surface area (Å²) in [6, 6.07) is 1.82. The molecule has 0 saturated heterocycles. The summed E-state index contributed by atoms with van der Waals surface area (Å²) in [4.78, 5) is 12.0. The monoisotopic (exact) mass is 233 g/mol. The molecule has 0 aliphatic heterocycles. The zero-order valence-electron chi connectivity index (χ0n) is 10.7. The van der Waals surface area contributed by atoms with Crippen LogP contribution in [0.25, 0.3) is 0 Å². The van der Waals surface area contributed by atoms with Gasteiger partial charge < -0.3 is 5.32 Å². The van der Waals surface area contributed by atoms with Gasteiger partial charge in [-0.05, 0) is 26.3 Å². The predicted molar refractivity (Wildman–Crippen MR) is 67.7 cm³/mol. The molecule has 4 nitrogen and oxygen atoms in total. The zero-order valence-corrected chi connectivity index (χ0v) is 10.7. The van der Waals surface area contributed by atoms with Crippen molar-refractivity contribution in [2.75, 3.05) is 0 Å². The minimum absolute atomic E-state index is 0.0159. The molecule has 1 atom stereocenters. The van der Waals surface area contributed by atoms with E-state index in [4.69, 9.17) is 6.42 Å². The van der Waals surface area contributed by atoms with Crippen molar-refractivity contribution in [2.45, 2.75) is 46.2 Å². The summed E-state index contributed by atoms with van der Waals surface area (Å²) >= 11 is 0. The number of aromatic nitrogens is 2. The lowest BCUT2D eigenvalue weighted by atomic mass is 10.2. The first kappa shape index (κ1) is 13.3. The molecule has 0 aliphatic carbocycles. The second-order valence-electron chi connectivity index (χ2n) is 3.97. The summed E-state index contributed by atoms with van der Waals surface area (Å²) in [5, 5.41) is 7.20. The SMILES string of the molecule is C#CCC(C)NC(=O)c1cc(CC)nn1CC. The smallest absolute Gasteiger partial charge is 0.269 e. The number of hydrogen-bond donors (Lipinski definition) is 1. The van der Waals surface area contributed by atoms with Crippen LogP contribution in [0.4, 0.5) is 0 Å². The van der Waals surface area contributed by atoms with E-state index in [1.54, 1.807) is 4.68 Å². The summed E-state index contributed by atoms with van der Waals surface area (Å²) in [6.45, 7) is 6.57. The number of rotatable bonds is 5. The van der Waals surface area contributed by atoms with Crippen LogP contribution in [0.2, 0.25) is 0 Å². The Kier molecular flexibility index (Phi) is 4.77. The van der Waals surface area contributed by atoms with Crippen LogP contribution in [0.15, 0.2) is 6.07 Å². The Morgan fingerprint density at radius 2 is 2.35 bits per heavy atom. The fraction of sp³-hybridized carbons (Fsp3) is 0.538. The van der Waals surface area contributed by atoms with Gasteiger partial charge in [-0.15, -0.1) is 12.3 Å². The van der Waals surface area contributed by atoms with Crippen molar-refractivity contribution >= 4 is 5.91 Å². The second-order valence-corrected chi connectivity index (χ2v) is 3.97. The van der Waals surface area contributed by atoms with Gasteiger partial charge in [-0.25, -0.2) is 0 Å². The van der Waals surface area contributed by atoms with Gasteiger partial charge >= 0.3 is 0 Å². The molecule has 1 heterocycles. The fourth-order valence-corrected chi connectivity index (χ4v) is 1.59. The van der Waals surface area contributed by atoms with Crippen molar-refractivity contribution in [2.24, 2.45) is 0 Å². The molecule has 4 heteroatoms. The average molecular weight is 233 g/mol. The van der Waals surface area contributed by atoms with E-state index in [0.717, 1.165) is 12.1 Å². The maximum absolute atomic E-state index is 12.0. The molecule has 0 aliphatic rings. The molecule has 92 valence electrons. The van der Waals surface area contributed by atoms with Crippen LogP contribution in [0.3, 0.4) is 0 Å². The number of nitrogens with zero attached hydrogens (tertiary/aromatic N) is 2. The molecule has 1 aromatic heterocycles. The molecule has 0 radical (unpaired) electrons. The maximum atomic E-state index is 12.0. The first-order valence-electron chi connectivity index (χ1n) is 5.93. The predicted octanol–water partition coefficient (Wildman–Crippen LogP) is 1.61. The zero-order chi connectivity index (χ0) is 12.8. The molecule has 1 rings (SSSR count). The minimum Gasteiger partial charge on any atom is -0.347 e. The third-order valence-corrected chi connectivity index (χ3v) is 2.53. The maximum Gasteiger partial charge on any atom is 0.269 e. The van der Waals surface area contributed by atoms with Gasteiger partial charge in [0, 0.05) is 19.0 Å². The summed E-state index contributed by atoms with van der Waals surface area (Å²) in [5.41, 5.74) is 1.54. The van der Waals surface area contributed by atoms with Gasteiger partial charge in [0.15, 0.2) is 0 Å². The number of nitrogens with one attached hydrogen (secondary N) is 1. The lowest BCUT2D eigenvalue weighted by molar-refractivity contribution is 0.0930. The molecule has 17 heavy (non-hydrogen) atoms. The molecule has 1 unspecified atom stereocenters. The third kappa shape index (κ3) is 3.35. The largest absolute Gasteiger partial charge is 0.347 e. The van der Waals surface area contributed by atoms with Crippen molar-refractivity contribution in [3.05, 3.63) is 17.5 Å². The van der Waals surface area contributed by atoms with Crippen molar-refractivity contribution in [3.63, 3.8) is 0 Å². The molecule has 1 aromatic rings. The van der Waals surface area contributed by atoms with Gasteiger partial charge in [-0.2, -0.15) is 5.10 Å². The number of terminal acetylenes is 1. The van der Waals surface area contributed by atoms with Crippen LogP contribution >= 0.6 is 0 Å². The van der Waals surface area contributed by atoms with Crippen LogP contribution < -0.4 is 5.32 Å². The van der Waals surface area contributed by atoms with Gasteiger partial charge in [-0.1, -0.05) is 6.92 Å². The normalized spacial score (nSPS) is 11.9. The number of aryl methyl sites for hydroxylation is 2. The second kappa shape index (κ2) is 6.09. The number of carbonyl (C=O) groups is 1. The summed E-state index contributed by atoms with van der Waals surface area (Å²) in [7, 11) is 0. The highest BCUT2D eigenvalue weighted by Gasteiger charge is 2.15. The van der Waals surface area contributed by atoms with Crippen LogP contribution in [0.1, 0.15) is 43.4 Å². The van der Waals surface area contributed by atoms with E-state index >= 15 is 0 Å². The van der Waals surface area contributed by atoms with Gasteiger partial charge in [0.25, 0.3) is 5.91 Å². The van der Waals surface area contributed by atoms with Crippen molar-refractivity contribution in [1.82, 2.24) is 15.1 Å². The lowest BCUT2D eigenvalue weighted by Crippen LogP contribution is -2.33. The first-order chi connectivity index (χ1) is 8.12. The van der Waals surface area contributed by atoms with E-state index < -0.39 is 0 Å². The van der Waals surface area contributed by atoms with E-state index in [2.05, 4.69) is 16.3 Å². The van der Waals surface area contributed by atoms with Gasteiger partial charge in [0.2, 0.25) is 0 Å². The van der Waals surface area contributed by atoms with Crippen LogP contribution in [-0.2, 0) is 13.0 Å². The molecule has 0 aromatic carbocycles. The van der Waals surface area contributed by atoms with E-state index in [0.29, 0.717) is 18.7 Å². The van der Waals surface area contributed by atoms with Crippen molar-refractivity contribution < 1.29 is 4.79 Å². The van der Waals surface area contributed by atoms with Gasteiger partial charge in [0.05, 0.1) is 5.69 Å². The average Bonchev–Trinajstić information content (AvgIpc) is 2.72. The summed E-state index contributed by atoms with van der Waals surface area (Å²) in [6.07, 6.45) is 6.57. The Labute approximate surface area is 102 Å². The quantitative estimate of drug-likeness (QED) is 0.785. The first-order valence-corrected chi connectivity index (χ1v) is 5.93. The Morgan fingerprint density at radius 3 is 2.88 bits per heavy atom. The van der Waals surface area contributed by atoms with Gasteiger partial charge in [-0.3, -0.25) is 9.48 Å². The number of amides is 1. The highest BCUT2D eigenvalue weighted by molar-refractivity contribution is 5.92. The van der Waals surface area contributed by atoms with Gasteiger partial charge in [0.1, 0.15) is 5.69 Å². The van der Waals surface area contributed by atoms with Crippen LogP contribution in [0.5, 0.6) is 0 Å². The van der Waals surface area contributed by atoms with E-state index in [9.17, 15) is 4.79 Å². The van der Waals surface area contributed by atoms with E-state index in [1.165, 1.54) is 0 Å². The molecule has 0 bridgehead atoms. The summed E-state index contributed by atoms with van der Waals surface area (Å²) < 4.78 is 1.72. The topological polar surface area (TPSA) is 46.9 Å². The van der Waals surface area contributed by atoms with Crippen LogP contribution in [0, 0.1) is 12.3 Å². The Balaban J connectivity index is 2.81. The van der Waals surface area contributed by atoms with Crippen LogP contribution in [-0.4, -0.2) is 21.7 Å². The molecule has 1 N–H and O–H groups in total. The third-order valence-electron chi connectivity index (χ3n) is 2.53. The van der Waals surface area contributed by atoms with Crippen molar-refractivity contribution in [1.29, 1.82) is 0 Å². The highest BCUT2D eigenvalue weighted by Crippen LogP contribution is 2.06. The van der Waals surface area contributed by atoms with E-state index in [-0.39, 0.29) is 11.9 Å². The molecule has 0 spiro atoms. The summed E-state index contributed by atoms with van der Waals surface area (Å²) in [5.74, 6) is 2.42. The number of carbonyl (C=O) groups excluding carboxylic acids is 1. The Bertz CT molecular complexity index is 428. The molecule has 1 amide bonds. The lowest BCUT2D eigenvalue weighted by Gasteiger charge is -2.11. The molecule has 0 saturated carbocycles. The Morgan fingerprint density at radius 1 is 1.65 bits per heavy atom. The molecule has 0 fully saturated rings. The van der Waals surface area contributed by atoms with Crippen molar-refractivity contribution in [3.8, 4) is 12.3 Å². The van der Waals surface area contributed by atoms with E-state index in [1.807, 2.05) is 26.8 Å². The minimum atomic E-state index is -0.109. The number of hydrogen-bond acceptors (Lipinski definition) is 2. The highest BCUT2D eigenvalue weighted by atomic mass is 16.2. The molecular weight excluding hydrogens is 214 g/mol. The standard InChI is InChI=1S/C13H19N3O/c1-5-8-10(4)14-13(17)12-9-11(6-2)15-16(12)7-3/h1,9-10H,6-8H2,2-4H3,(H,14,17). The molecular formula is C13H19N3O.